The Bertz CT molecular complexity index is 250. The first-order valence-corrected chi connectivity index (χ1v) is 4.85. The van der Waals surface area contributed by atoms with Gasteiger partial charge in [-0.05, 0) is 40.5 Å². The zero-order valence-electron chi connectivity index (χ0n) is 9.28. The van der Waals surface area contributed by atoms with Crippen LogP contribution in [0.15, 0.2) is 5.11 Å². The van der Waals surface area contributed by atoms with Gasteiger partial charge in [-0.1, -0.05) is 0 Å². The lowest BCUT2D eigenvalue weighted by Gasteiger charge is -2.49. The molecule has 5 heteroatoms. The Hall–Kier alpha value is -0.770. The molecule has 0 aromatic heterocycles. The van der Waals surface area contributed by atoms with Crippen LogP contribution in [0.25, 0.3) is 0 Å². The van der Waals surface area contributed by atoms with Crippen molar-refractivity contribution in [2.45, 2.75) is 57.7 Å². The van der Waals surface area contributed by atoms with Gasteiger partial charge < -0.3 is 5.21 Å². The van der Waals surface area contributed by atoms with Gasteiger partial charge in [0.2, 0.25) is 4.91 Å². The van der Waals surface area contributed by atoms with E-state index in [0.29, 0.717) is 0 Å². The third-order valence-corrected chi connectivity index (χ3v) is 2.84. The molecule has 0 aliphatic carbocycles. The van der Waals surface area contributed by atoms with E-state index in [-0.39, 0.29) is 17.1 Å². The van der Waals surface area contributed by atoms with Crippen molar-refractivity contribution in [1.29, 1.82) is 5.53 Å². The highest BCUT2D eigenvalue weighted by Gasteiger charge is 2.46. The zero-order chi connectivity index (χ0) is 11.0. The summed E-state index contributed by atoms with van der Waals surface area (Å²) in [6, 6.07) is 0.0425. The van der Waals surface area contributed by atoms with Gasteiger partial charge in [0.15, 0.2) is 0 Å². The molecule has 1 fully saturated rings. The van der Waals surface area contributed by atoms with E-state index in [0.717, 1.165) is 12.8 Å². The lowest BCUT2D eigenvalue weighted by atomic mass is 9.79. The fraction of sp³-hybridized carbons (Fsp3) is 1.00. The minimum atomic E-state index is -0.305. The van der Waals surface area contributed by atoms with Crippen molar-refractivity contribution in [2.75, 3.05) is 0 Å². The molecule has 0 aromatic rings. The van der Waals surface area contributed by atoms with Crippen LogP contribution >= 0.6 is 0 Å². The Balaban J connectivity index is 2.91. The Morgan fingerprint density at radius 3 is 2.07 bits per heavy atom. The van der Waals surface area contributed by atoms with Crippen LogP contribution in [-0.2, 0) is 0 Å². The monoisotopic (exact) mass is 199 g/mol. The van der Waals surface area contributed by atoms with Gasteiger partial charge in [-0.25, -0.2) is 0 Å². The highest BCUT2D eigenvalue weighted by Crippen LogP contribution is 2.37. The topological polar surface area (TPSA) is 73.8 Å². The number of hydrogen-bond donors (Lipinski definition) is 2. The van der Waals surface area contributed by atoms with Crippen molar-refractivity contribution in [3.05, 3.63) is 0 Å². The Morgan fingerprint density at radius 2 is 1.71 bits per heavy atom. The van der Waals surface area contributed by atoms with Crippen molar-refractivity contribution in [2.24, 2.45) is 5.11 Å². The predicted molar refractivity (Wildman–Crippen MR) is 52.1 cm³/mol. The second-order valence-corrected chi connectivity index (χ2v) is 5.21. The summed E-state index contributed by atoms with van der Waals surface area (Å²) >= 11 is 0. The van der Waals surface area contributed by atoms with E-state index < -0.39 is 0 Å². The van der Waals surface area contributed by atoms with Gasteiger partial charge in [0.05, 0.1) is 0 Å². The molecule has 1 rings (SSSR count). The van der Waals surface area contributed by atoms with Crippen molar-refractivity contribution in [3.8, 4) is 0 Å². The minimum absolute atomic E-state index is 0.0425. The first kappa shape index (κ1) is 11.3. The summed E-state index contributed by atoms with van der Waals surface area (Å²) in [5.41, 5.74) is 6.12. The molecule has 0 aromatic carbocycles. The molecule has 2 N–H and O–H groups in total. The highest BCUT2D eigenvalue weighted by molar-refractivity contribution is 4.98. The summed E-state index contributed by atoms with van der Waals surface area (Å²) in [4.78, 5) is 3.09. The maximum Gasteiger partial charge on any atom is 0.214 e. The lowest BCUT2D eigenvalue weighted by molar-refractivity contribution is -0.244. The van der Waals surface area contributed by atoms with E-state index in [9.17, 15) is 5.21 Å². The number of rotatable bonds is 1. The Labute approximate surface area is 84.3 Å². The fourth-order valence-corrected chi connectivity index (χ4v) is 2.38. The van der Waals surface area contributed by atoms with Crippen molar-refractivity contribution < 1.29 is 5.21 Å². The third-order valence-electron chi connectivity index (χ3n) is 2.84. The predicted octanol–water partition coefficient (Wildman–Crippen LogP) is 1.95. The van der Waals surface area contributed by atoms with Crippen LogP contribution in [0.2, 0.25) is 0 Å². The van der Waals surface area contributed by atoms with E-state index in [1.54, 1.807) is 0 Å². The van der Waals surface area contributed by atoms with Crippen LogP contribution in [-0.4, -0.2) is 27.4 Å². The van der Waals surface area contributed by atoms with E-state index in [1.807, 2.05) is 27.7 Å². The number of hydrogen-bond acceptors (Lipinski definition) is 4. The summed E-state index contributed by atoms with van der Waals surface area (Å²) in [6.07, 6.45) is 1.46. The Kier molecular flexibility index (Phi) is 2.76. The molecule has 0 unspecified atom stereocenters. The molecular weight excluding hydrogens is 180 g/mol. The normalized spacial score (nSPS) is 26.9. The molecule has 0 saturated carbocycles. The number of piperidine rings is 1. The molecule has 14 heavy (non-hydrogen) atoms. The number of nitrogens with zero attached hydrogens (tertiary/aromatic N) is 3. The summed E-state index contributed by atoms with van der Waals surface area (Å²) in [6.45, 7) is 7.89. The molecule has 1 aliphatic heterocycles. The fourth-order valence-electron chi connectivity index (χ4n) is 2.38. The molecule has 0 amide bonds. The quantitative estimate of drug-likeness (QED) is 0.500. The second-order valence-electron chi connectivity index (χ2n) is 5.21. The van der Waals surface area contributed by atoms with Gasteiger partial charge in [-0.2, -0.15) is 5.06 Å². The van der Waals surface area contributed by atoms with Crippen molar-refractivity contribution in [3.63, 3.8) is 0 Å². The van der Waals surface area contributed by atoms with E-state index >= 15 is 0 Å². The largest absolute Gasteiger partial charge is 0.313 e. The molecule has 80 valence electrons. The van der Waals surface area contributed by atoms with Crippen LogP contribution in [0.1, 0.15) is 40.5 Å². The first-order chi connectivity index (χ1) is 6.29. The third kappa shape index (κ3) is 2.00. The molecule has 1 aliphatic rings. The van der Waals surface area contributed by atoms with E-state index in [1.165, 1.54) is 5.06 Å². The van der Waals surface area contributed by atoms with Crippen LogP contribution in [0, 0.1) is 5.53 Å². The molecule has 0 radical (unpaired) electrons. The first-order valence-electron chi connectivity index (χ1n) is 4.85. The average Bonchev–Trinajstić information content (AvgIpc) is 1.99. The van der Waals surface area contributed by atoms with Crippen LogP contribution < -0.4 is 4.91 Å². The van der Waals surface area contributed by atoms with Crippen molar-refractivity contribution >= 4 is 0 Å². The lowest BCUT2D eigenvalue weighted by Crippen LogP contribution is -2.59. The maximum atomic E-state index is 9.96. The SMILES string of the molecule is CC1(C)CC(N=[N+]=N)CC(C)(C)N1O. The standard InChI is InChI=1S/C9H19N4O/c1-8(2)5-7(11-12-10)6-9(3,4)13(8)14/h7,10,14H,5-6H2,1-4H3/q+1. The van der Waals surface area contributed by atoms with E-state index in [2.05, 4.69) is 10.0 Å². The molecular formula is C9H19N4O+. The average molecular weight is 199 g/mol. The molecule has 1 saturated heterocycles. The number of hydroxylamine groups is 2. The summed E-state index contributed by atoms with van der Waals surface area (Å²) in [5, 5.41) is 15.2. The second kappa shape index (κ2) is 3.42. The van der Waals surface area contributed by atoms with E-state index in [4.69, 9.17) is 5.53 Å². The van der Waals surface area contributed by atoms with Gasteiger partial charge in [0.1, 0.15) is 16.7 Å². The minimum Gasteiger partial charge on any atom is -0.313 e. The molecule has 0 bridgehead atoms. The molecule has 5 nitrogen and oxygen atoms in total. The van der Waals surface area contributed by atoms with Crippen molar-refractivity contribution in [1.82, 2.24) is 9.97 Å². The highest BCUT2D eigenvalue weighted by atomic mass is 16.5. The maximum absolute atomic E-state index is 9.96. The van der Waals surface area contributed by atoms with Crippen LogP contribution in [0.5, 0.6) is 0 Å². The Morgan fingerprint density at radius 1 is 1.29 bits per heavy atom. The van der Waals surface area contributed by atoms with Gasteiger partial charge in [-0.15, -0.1) is 0 Å². The zero-order valence-corrected chi connectivity index (χ0v) is 9.28. The molecule has 0 atom stereocenters. The molecule has 0 spiro atoms. The summed E-state index contributed by atoms with van der Waals surface area (Å²) < 4.78 is 0. The molecule has 1 heterocycles. The summed E-state index contributed by atoms with van der Waals surface area (Å²) in [5.74, 6) is 0. The number of nitrogens with one attached hydrogen (secondary N) is 1. The van der Waals surface area contributed by atoms with Gasteiger partial charge in [-0.3, -0.25) is 0 Å². The summed E-state index contributed by atoms with van der Waals surface area (Å²) in [7, 11) is 0. The van der Waals surface area contributed by atoms with Gasteiger partial charge >= 0.3 is 0 Å². The van der Waals surface area contributed by atoms with Crippen LogP contribution in [0.4, 0.5) is 0 Å². The van der Waals surface area contributed by atoms with Gasteiger partial charge in [0.25, 0.3) is 0 Å². The smallest absolute Gasteiger partial charge is 0.214 e. The van der Waals surface area contributed by atoms with Gasteiger partial charge in [0, 0.05) is 11.1 Å². The van der Waals surface area contributed by atoms with Crippen LogP contribution in [0.3, 0.4) is 0 Å².